The van der Waals surface area contributed by atoms with Gasteiger partial charge in [0.15, 0.2) is 0 Å². The van der Waals surface area contributed by atoms with Crippen molar-refractivity contribution in [2.45, 2.75) is 4.83 Å². The molecule has 1 atom stereocenters. The Labute approximate surface area is 49.3 Å². The van der Waals surface area contributed by atoms with E-state index in [1.54, 1.807) is 6.08 Å². The van der Waals surface area contributed by atoms with E-state index >= 15 is 0 Å². The number of carbonyl (C=O) groups excluding carboxylic acids is 1. The normalized spacial score (nSPS) is 28.1. The first-order valence-corrected chi connectivity index (χ1v) is 2.73. The highest BCUT2D eigenvalue weighted by atomic mass is 79.9. The van der Waals surface area contributed by atoms with E-state index in [9.17, 15) is 4.79 Å². The van der Waals surface area contributed by atoms with Crippen LogP contribution in [0, 0.1) is 0 Å². The van der Waals surface area contributed by atoms with E-state index in [1.807, 2.05) is 0 Å². The van der Waals surface area contributed by atoms with Gasteiger partial charge >= 0.3 is 5.97 Å². The van der Waals surface area contributed by atoms with Gasteiger partial charge in [0.25, 0.3) is 0 Å². The second-order valence-corrected chi connectivity index (χ2v) is 2.15. The van der Waals surface area contributed by atoms with E-state index in [0.29, 0.717) is 0 Å². The first-order valence-electron chi connectivity index (χ1n) is 1.82. The second kappa shape index (κ2) is 1.66. The third-order valence-electron chi connectivity index (χ3n) is 0.657. The summed E-state index contributed by atoms with van der Waals surface area (Å²) >= 11 is 3.04. The zero-order valence-electron chi connectivity index (χ0n) is 3.43. The fourth-order valence-corrected chi connectivity index (χ4v) is 0.551. The van der Waals surface area contributed by atoms with Gasteiger partial charge in [0.2, 0.25) is 0 Å². The zero-order valence-corrected chi connectivity index (χ0v) is 5.01. The number of ether oxygens (including phenoxy) is 1. The van der Waals surface area contributed by atoms with Crippen LogP contribution in [0.5, 0.6) is 0 Å². The minimum atomic E-state index is -0.236. The van der Waals surface area contributed by atoms with Crippen molar-refractivity contribution >= 4 is 21.9 Å². The largest absolute Gasteiger partial charge is 0.434 e. The van der Waals surface area contributed by atoms with Crippen LogP contribution in [0.3, 0.4) is 0 Å². The Bertz CT molecular complexity index is 119. The number of carbonyl (C=O) groups is 1. The number of halogens is 1. The summed E-state index contributed by atoms with van der Waals surface area (Å²) in [5.41, 5.74) is 0. The van der Waals surface area contributed by atoms with Gasteiger partial charge in [-0.3, -0.25) is 4.79 Å². The highest BCUT2D eigenvalue weighted by molar-refractivity contribution is 9.10. The van der Waals surface area contributed by atoms with E-state index in [2.05, 4.69) is 20.7 Å². The molecule has 1 rings (SSSR count). The van der Waals surface area contributed by atoms with Gasteiger partial charge in [-0.25, -0.2) is 0 Å². The van der Waals surface area contributed by atoms with Crippen LogP contribution >= 0.6 is 15.9 Å². The molecule has 0 bridgehead atoms. The fraction of sp³-hybridized carbons (Fsp3) is 0.250. The monoisotopic (exact) mass is 162 g/mol. The summed E-state index contributed by atoms with van der Waals surface area (Å²) in [6, 6.07) is 0. The molecular formula is C4H3BrO2. The van der Waals surface area contributed by atoms with E-state index in [1.165, 1.54) is 6.26 Å². The molecule has 1 aliphatic rings. The third kappa shape index (κ3) is 0.825. The molecule has 0 saturated carbocycles. The van der Waals surface area contributed by atoms with Crippen LogP contribution in [-0.2, 0) is 9.53 Å². The molecule has 0 aromatic rings. The lowest BCUT2D eigenvalue weighted by molar-refractivity contribution is -0.134. The van der Waals surface area contributed by atoms with Gasteiger partial charge in [0.1, 0.15) is 4.83 Å². The maximum Gasteiger partial charge on any atom is 0.328 e. The summed E-state index contributed by atoms with van der Waals surface area (Å²) in [6.07, 6.45) is 3.02. The van der Waals surface area contributed by atoms with Gasteiger partial charge in [-0.15, -0.1) is 0 Å². The Morgan fingerprint density at radius 3 is 2.71 bits per heavy atom. The highest BCUT2D eigenvalue weighted by Crippen LogP contribution is 2.09. The summed E-state index contributed by atoms with van der Waals surface area (Å²) < 4.78 is 4.40. The first kappa shape index (κ1) is 4.84. The van der Waals surface area contributed by atoms with E-state index in [-0.39, 0.29) is 10.8 Å². The Kier molecular flexibility index (Phi) is 1.15. The standard InChI is InChI=1S/C4H3BrO2/c5-3-1-2-7-4(3)6/h1-3H. The van der Waals surface area contributed by atoms with Crippen LogP contribution in [0.25, 0.3) is 0 Å². The summed E-state index contributed by atoms with van der Waals surface area (Å²) in [7, 11) is 0. The SMILES string of the molecule is O=C1OC=CC1Br. The molecule has 0 saturated heterocycles. The van der Waals surface area contributed by atoms with Crippen molar-refractivity contribution in [2.24, 2.45) is 0 Å². The van der Waals surface area contributed by atoms with Crippen LogP contribution in [0.1, 0.15) is 0 Å². The Hall–Kier alpha value is -0.310. The first-order chi connectivity index (χ1) is 3.30. The number of hydrogen-bond acceptors (Lipinski definition) is 2. The molecule has 0 aliphatic carbocycles. The van der Waals surface area contributed by atoms with Crippen LogP contribution in [-0.4, -0.2) is 10.8 Å². The minimum Gasteiger partial charge on any atom is -0.434 e. The Morgan fingerprint density at radius 2 is 2.57 bits per heavy atom. The maximum atomic E-state index is 10.2. The summed E-state index contributed by atoms with van der Waals surface area (Å²) in [5, 5.41) is 0. The average molecular weight is 163 g/mol. The molecule has 7 heavy (non-hydrogen) atoms. The number of hydrogen-bond donors (Lipinski definition) is 0. The lowest BCUT2D eigenvalue weighted by Gasteiger charge is -1.87. The van der Waals surface area contributed by atoms with Gasteiger partial charge in [0, 0.05) is 0 Å². The molecule has 0 spiro atoms. The summed E-state index contributed by atoms with van der Waals surface area (Å²) in [5.74, 6) is -0.236. The zero-order chi connectivity index (χ0) is 5.28. The van der Waals surface area contributed by atoms with Gasteiger partial charge in [-0.2, -0.15) is 0 Å². The molecule has 0 fully saturated rings. The molecule has 1 aliphatic heterocycles. The molecule has 3 heteroatoms. The Morgan fingerprint density at radius 1 is 1.86 bits per heavy atom. The molecule has 0 radical (unpaired) electrons. The molecule has 2 nitrogen and oxygen atoms in total. The molecule has 0 aromatic heterocycles. The number of cyclic esters (lactones) is 1. The van der Waals surface area contributed by atoms with Crippen molar-refractivity contribution in [3.63, 3.8) is 0 Å². The predicted molar refractivity (Wildman–Crippen MR) is 27.9 cm³/mol. The lowest BCUT2D eigenvalue weighted by Crippen LogP contribution is -2.04. The predicted octanol–water partition coefficient (Wildman–Crippen LogP) is 0.820. The van der Waals surface area contributed by atoms with Crippen molar-refractivity contribution in [2.75, 3.05) is 0 Å². The summed E-state index contributed by atoms with van der Waals surface area (Å²) in [4.78, 5) is 10.0. The van der Waals surface area contributed by atoms with Gasteiger partial charge in [-0.1, -0.05) is 15.9 Å². The van der Waals surface area contributed by atoms with Gasteiger partial charge in [0.05, 0.1) is 6.26 Å². The topological polar surface area (TPSA) is 26.3 Å². The van der Waals surface area contributed by atoms with Crippen molar-refractivity contribution in [3.8, 4) is 0 Å². The molecule has 0 N–H and O–H groups in total. The molecule has 1 heterocycles. The fourth-order valence-electron chi connectivity index (χ4n) is 0.319. The van der Waals surface area contributed by atoms with Crippen molar-refractivity contribution < 1.29 is 9.53 Å². The number of alkyl halides is 1. The van der Waals surface area contributed by atoms with E-state index < -0.39 is 0 Å². The van der Waals surface area contributed by atoms with Gasteiger partial charge < -0.3 is 4.74 Å². The van der Waals surface area contributed by atoms with Crippen molar-refractivity contribution in [1.82, 2.24) is 0 Å². The van der Waals surface area contributed by atoms with E-state index in [0.717, 1.165) is 0 Å². The summed E-state index contributed by atoms with van der Waals surface area (Å²) in [6.45, 7) is 0. The number of rotatable bonds is 0. The second-order valence-electron chi connectivity index (χ2n) is 1.17. The molecule has 0 aromatic carbocycles. The molecular weight excluding hydrogens is 160 g/mol. The number of esters is 1. The molecule has 38 valence electrons. The minimum absolute atomic E-state index is 0.215. The molecule has 1 unspecified atom stereocenters. The van der Waals surface area contributed by atoms with E-state index in [4.69, 9.17) is 0 Å². The maximum absolute atomic E-state index is 10.2. The average Bonchev–Trinajstić information content (AvgIpc) is 1.91. The van der Waals surface area contributed by atoms with Gasteiger partial charge in [-0.05, 0) is 6.08 Å². The van der Waals surface area contributed by atoms with Crippen LogP contribution in [0.4, 0.5) is 0 Å². The van der Waals surface area contributed by atoms with Crippen LogP contribution in [0.15, 0.2) is 12.3 Å². The highest BCUT2D eigenvalue weighted by Gasteiger charge is 2.16. The van der Waals surface area contributed by atoms with Crippen molar-refractivity contribution in [3.05, 3.63) is 12.3 Å². The van der Waals surface area contributed by atoms with Crippen LogP contribution in [0.2, 0.25) is 0 Å². The quantitative estimate of drug-likeness (QED) is 0.390. The van der Waals surface area contributed by atoms with Crippen LogP contribution < -0.4 is 0 Å². The Balaban J connectivity index is 2.62. The lowest BCUT2D eigenvalue weighted by atomic mass is 10.5. The van der Waals surface area contributed by atoms with Crippen molar-refractivity contribution in [1.29, 1.82) is 0 Å². The smallest absolute Gasteiger partial charge is 0.328 e. The third-order valence-corrected chi connectivity index (χ3v) is 1.34. The molecule has 0 amide bonds.